The molecule has 124 valence electrons. The highest BCUT2D eigenvalue weighted by Crippen LogP contribution is 2.36. The number of hydrogen-bond acceptors (Lipinski definition) is 6. The molecule has 3 aliphatic heterocycles. The van der Waals surface area contributed by atoms with Crippen molar-refractivity contribution < 1.29 is 19.4 Å². The molecule has 0 saturated carbocycles. The summed E-state index contributed by atoms with van der Waals surface area (Å²) < 4.78 is 10.8. The number of rotatable bonds is 3. The first-order valence-electron chi connectivity index (χ1n) is 8.08. The Labute approximate surface area is 134 Å². The largest absolute Gasteiger partial charge is 0.481 e. The Morgan fingerprint density at radius 2 is 2.13 bits per heavy atom. The molecule has 23 heavy (non-hydrogen) atoms. The molecule has 0 aliphatic carbocycles. The van der Waals surface area contributed by atoms with Crippen LogP contribution in [0.2, 0.25) is 0 Å². The average Bonchev–Trinajstić information content (AvgIpc) is 3.23. The third-order valence-electron chi connectivity index (χ3n) is 4.92. The van der Waals surface area contributed by atoms with Crippen LogP contribution in [0.1, 0.15) is 30.9 Å². The highest BCUT2D eigenvalue weighted by Gasteiger charge is 2.34. The average molecular weight is 319 g/mol. The van der Waals surface area contributed by atoms with Gasteiger partial charge < -0.3 is 14.6 Å². The van der Waals surface area contributed by atoms with Crippen LogP contribution in [0.4, 0.5) is 0 Å². The minimum Gasteiger partial charge on any atom is -0.481 e. The number of hydrazine groups is 1. The van der Waals surface area contributed by atoms with Crippen LogP contribution in [0, 0.1) is 5.92 Å². The van der Waals surface area contributed by atoms with E-state index in [2.05, 4.69) is 15.8 Å². The second kappa shape index (κ2) is 5.99. The Hall–Kier alpha value is -1.83. The Kier molecular flexibility index (Phi) is 3.84. The minimum absolute atomic E-state index is 0.160. The van der Waals surface area contributed by atoms with Gasteiger partial charge >= 0.3 is 5.97 Å². The van der Waals surface area contributed by atoms with E-state index in [-0.39, 0.29) is 24.9 Å². The maximum Gasteiger partial charge on any atom is 0.307 e. The lowest BCUT2D eigenvalue weighted by Gasteiger charge is -2.34. The van der Waals surface area contributed by atoms with Gasteiger partial charge in [-0.25, -0.2) is 10.9 Å². The van der Waals surface area contributed by atoms with E-state index in [1.54, 1.807) is 0 Å². The number of hydrogen-bond donors (Lipinski definition) is 3. The van der Waals surface area contributed by atoms with Crippen LogP contribution in [0.5, 0.6) is 11.5 Å². The number of nitrogens with zero attached hydrogens (tertiary/aromatic N) is 1. The summed E-state index contributed by atoms with van der Waals surface area (Å²) in [6.45, 7) is 1.83. The molecule has 0 amide bonds. The molecule has 1 aromatic carbocycles. The van der Waals surface area contributed by atoms with Crippen molar-refractivity contribution in [3.8, 4) is 11.5 Å². The number of fused-ring (bicyclic) bond motifs is 1. The first-order valence-corrected chi connectivity index (χ1v) is 8.08. The maximum atomic E-state index is 11.2. The summed E-state index contributed by atoms with van der Waals surface area (Å²) in [6.07, 6.45) is 2.76. The zero-order valence-corrected chi connectivity index (χ0v) is 12.8. The molecule has 2 fully saturated rings. The molecule has 0 bridgehead atoms. The third-order valence-corrected chi connectivity index (χ3v) is 4.92. The van der Waals surface area contributed by atoms with Gasteiger partial charge in [0.1, 0.15) is 0 Å². The minimum atomic E-state index is -0.687. The van der Waals surface area contributed by atoms with Crippen LogP contribution in [0.3, 0.4) is 0 Å². The third kappa shape index (κ3) is 2.87. The van der Waals surface area contributed by atoms with E-state index >= 15 is 0 Å². The lowest BCUT2D eigenvalue weighted by Crippen LogP contribution is -2.50. The molecule has 0 radical (unpaired) electrons. The predicted molar refractivity (Wildman–Crippen MR) is 81.9 cm³/mol. The van der Waals surface area contributed by atoms with Crippen LogP contribution in [0.15, 0.2) is 18.2 Å². The first-order chi connectivity index (χ1) is 11.2. The van der Waals surface area contributed by atoms with Crippen LogP contribution in [0.25, 0.3) is 0 Å². The normalized spacial score (nSPS) is 30.5. The summed E-state index contributed by atoms with van der Waals surface area (Å²) in [5.74, 6) is 0.636. The molecule has 3 aliphatic rings. The van der Waals surface area contributed by atoms with Crippen LogP contribution in [-0.2, 0) is 4.79 Å². The highest BCUT2D eigenvalue weighted by molar-refractivity contribution is 5.70. The van der Waals surface area contributed by atoms with Crippen molar-refractivity contribution in [2.75, 3.05) is 19.9 Å². The molecule has 3 heterocycles. The zero-order valence-electron chi connectivity index (χ0n) is 12.8. The van der Waals surface area contributed by atoms with Crippen LogP contribution in [-0.4, -0.2) is 42.0 Å². The molecular formula is C16H21N3O4. The maximum absolute atomic E-state index is 11.2. The summed E-state index contributed by atoms with van der Waals surface area (Å²) >= 11 is 0. The number of carboxylic acid groups (broad SMARTS) is 1. The number of piperidine rings is 1. The summed E-state index contributed by atoms with van der Waals surface area (Å²) in [5.41, 5.74) is 7.78. The fourth-order valence-corrected chi connectivity index (χ4v) is 3.62. The number of carbonyl (C=O) groups is 1. The second-order valence-electron chi connectivity index (χ2n) is 6.38. The lowest BCUT2D eigenvalue weighted by molar-refractivity contribution is -0.144. The Morgan fingerprint density at radius 1 is 1.26 bits per heavy atom. The number of aliphatic carboxylic acids is 1. The van der Waals surface area contributed by atoms with E-state index in [4.69, 9.17) is 9.47 Å². The number of carboxylic acids is 1. The standard InChI is InChI=1S/C16H21N3O4/c20-16(21)11-2-1-5-19(8-11)15-7-12(17-18-15)10-3-4-13-14(6-10)23-9-22-13/h3-4,6,11-12,15,17-18H,1-2,5,7-9H2,(H,20,21). The molecule has 2 saturated heterocycles. The van der Waals surface area contributed by atoms with Gasteiger partial charge in [0.05, 0.1) is 12.1 Å². The van der Waals surface area contributed by atoms with Gasteiger partial charge in [-0.05, 0) is 43.5 Å². The van der Waals surface area contributed by atoms with Crippen molar-refractivity contribution in [3.05, 3.63) is 23.8 Å². The topological polar surface area (TPSA) is 83.1 Å². The first kappa shape index (κ1) is 14.7. The van der Waals surface area contributed by atoms with Crippen molar-refractivity contribution in [2.45, 2.75) is 31.5 Å². The van der Waals surface area contributed by atoms with Crippen molar-refractivity contribution in [2.24, 2.45) is 5.92 Å². The molecule has 3 N–H and O–H groups in total. The van der Waals surface area contributed by atoms with Gasteiger partial charge in [0.15, 0.2) is 11.5 Å². The molecular weight excluding hydrogens is 298 g/mol. The molecule has 1 aromatic rings. The number of likely N-dealkylation sites (tertiary alicyclic amines) is 1. The van der Waals surface area contributed by atoms with Gasteiger partial charge in [-0.3, -0.25) is 9.69 Å². The van der Waals surface area contributed by atoms with Gasteiger partial charge in [0.25, 0.3) is 0 Å². The Morgan fingerprint density at radius 3 is 3.00 bits per heavy atom. The van der Waals surface area contributed by atoms with Crippen LogP contribution < -0.4 is 20.3 Å². The fraction of sp³-hybridized carbons (Fsp3) is 0.562. The molecule has 7 nitrogen and oxygen atoms in total. The van der Waals surface area contributed by atoms with E-state index in [0.29, 0.717) is 6.54 Å². The number of nitrogens with one attached hydrogen (secondary N) is 2. The molecule has 0 aromatic heterocycles. The fourth-order valence-electron chi connectivity index (χ4n) is 3.62. The van der Waals surface area contributed by atoms with Gasteiger partial charge in [0, 0.05) is 12.6 Å². The molecule has 4 rings (SSSR count). The van der Waals surface area contributed by atoms with Gasteiger partial charge in [-0.15, -0.1) is 0 Å². The van der Waals surface area contributed by atoms with E-state index in [1.807, 2.05) is 18.2 Å². The van der Waals surface area contributed by atoms with Crippen LogP contribution >= 0.6 is 0 Å². The van der Waals surface area contributed by atoms with Gasteiger partial charge in [-0.1, -0.05) is 6.07 Å². The van der Waals surface area contributed by atoms with Crippen molar-refractivity contribution in [1.29, 1.82) is 0 Å². The second-order valence-corrected chi connectivity index (χ2v) is 6.38. The van der Waals surface area contributed by atoms with Crippen molar-refractivity contribution in [1.82, 2.24) is 15.8 Å². The predicted octanol–water partition coefficient (Wildman–Crippen LogP) is 1.08. The van der Waals surface area contributed by atoms with Crippen molar-refractivity contribution in [3.63, 3.8) is 0 Å². The van der Waals surface area contributed by atoms with E-state index in [0.717, 1.165) is 42.9 Å². The molecule has 7 heteroatoms. The van der Waals surface area contributed by atoms with E-state index < -0.39 is 5.97 Å². The molecule has 3 unspecified atom stereocenters. The Balaban J connectivity index is 1.42. The highest BCUT2D eigenvalue weighted by atomic mass is 16.7. The monoisotopic (exact) mass is 319 g/mol. The van der Waals surface area contributed by atoms with Gasteiger partial charge in [-0.2, -0.15) is 0 Å². The number of ether oxygens (including phenoxy) is 2. The zero-order chi connectivity index (χ0) is 15.8. The summed E-state index contributed by atoms with van der Waals surface area (Å²) in [5, 5.41) is 9.23. The smallest absolute Gasteiger partial charge is 0.307 e. The quantitative estimate of drug-likeness (QED) is 0.769. The molecule has 3 atom stereocenters. The lowest BCUT2D eigenvalue weighted by atomic mass is 9.96. The summed E-state index contributed by atoms with van der Waals surface area (Å²) in [4.78, 5) is 13.5. The van der Waals surface area contributed by atoms with Gasteiger partial charge in [0.2, 0.25) is 6.79 Å². The summed E-state index contributed by atoms with van der Waals surface area (Å²) in [7, 11) is 0. The summed E-state index contributed by atoms with van der Waals surface area (Å²) in [6, 6.07) is 6.18. The van der Waals surface area contributed by atoms with E-state index in [1.165, 1.54) is 0 Å². The van der Waals surface area contributed by atoms with Crippen molar-refractivity contribution >= 4 is 5.97 Å². The molecule has 0 spiro atoms. The number of benzene rings is 1. The van der Waals surface area contributed by atoms with E-state index in [9.17, 15) is 9.90 Å². The SMILES string of the molecule is O=C(O)C1CCCN(C2CC(c3ccc4c(c3)OCO4)NN2)C1. The Bertz CT molecular complexity index is 609.